The number of para-hydroxylation sites is 1. The molecular formula is C23H28N2O3. The number of ether oxygens (including phenoxy) is 2. The fourth-order valence-electron chi connectivity index (χ4n) is 4.70. The van der Waals surface area contributed by atoms with Gasteiger partial charge in [-0.15, -0.1) is 0 Å². The van der Waals surface area contributed by atoms with Gasteiger partial charge in [0.25, 0.3) is 0 Å². The van der Waals surface area contributed by atoms with Gasteiger partial charge in [-0.05, 0) is 41.7 Å². The van der Waals surface area contributed by atoms with Gasteiger partial charge in [0.15, 0.2) is 0 Å². The molecule has 1 N–H and O–H groups in total. The highest BCUT2D eigenvalue weighted by Crippen LogP contribution is 2.43. The van der Waals surface area contributed by atoms with Crippen LogP contribution in [0, 0.1) is 11.8 Å². The summed E-state index contributed by atoms with van der Waals surface area (Å²) in [5, 5.41) is 3.50. The average Bonchev–Trinajstić information content (AvgIpc) is 3.33. The zero-order valence-corrected chi connectivity index (χ0v) is 16.6. The van der Waals surface area contributed by atoms with Crippen LogP contribution in [0.25, 0.3) is 0 Å². The molecule has 5 nitrogen and oxygen atoms in total. The predicted octanol–water partition coefficient (Wildman–Crippen LogP) is 3.06. The maximum absolute atomic E-state index is 13.2. The number of carbonyl (C=O) groups excluding carboxylic acids is 1. The van der Waals surface area contributed by atoms with Crippen LogP contribution in [0.1, 0.15) is 23.6 Å². The minimum Gasteiger partial charge on any atom is -0.497 e. The number of nitrogens with zero attached hydrogens (tertiary/aromatic N) is 1. The topological polar surface area (TPSA) is 50.8 Å². The summed E-state index contributed by atoms with van der Waals surface area (Å²) in [6.07, 6.45) is 1.20. The highest BCUT2D eigenvalue weighted by atomic mass is 16.5. The van der Waals surface area contributed by atoms with E-state index in [1.54, 1.807) is 14.2 Å². The first-order chi connectivity index (χ1) is 13.7. The Labute approximate surface area is 166 Å². The fraction of sp³-hybridized carbons (Fsp3) is 0.435. The van der Waals surface area contributed by atoms with E-state index < -0.39 is 0 Å². The number of rotatable bonds is 6. The molecule has 2 heterocycles. The summed E-state index contributed by atoms with van der Waals surface area (Å²) in [7, 11) is 3.35. The molecule has 3 atom stereocenters. The number of carbonyl (C=O) groups is 1. The first kappa shape index (κ1) is 18.8. The molecular weight excluding hydrogens is 352 g/mol. The van der Waals surface area contributed by atoms with Crippen LogP contribution in [0.5, 0.6) is 11.5 Å². The van der Waals surface area contributed by atoms with Gasteiger partial charge in [-0.25, -0.2) is 0 Å². The van der Waals surface area contributed by atoms with Gasteiger partial charge >= 0.3 is 0 Å². The molecule has 2 fully saturated rings. The lowest BCUT2D eigenvalue weighted by molar-refractivity contribution is -0.132. The quantitative estimate of drug-likeness (QED) is 0.837. The maximum Gasteiger partial charge on any atom is 0.223 e. The summed E-state index contributed by atoms with van der Waals surface area (Å²) in [5.41, 5.74) is 2.28. The summed E-state index contributed by atoms with van der Waals surface area (Å²) in [6, 6.07) is 16.3. The van der Waals surface area contributed by atoms with E-state index in [9.17, 15) is 4.79 Å². The maximum atomic E-state index is 13.2. The Morgan fingerprint density at radius 1 is 1.07 bits per heavy atom. The SMILES string of the molecule is COc1ccc([C@@H]2[C@H]3CNC[C@H]3CN2C(=O)CCc2ccccc2OC)cc1. The van der Waals surface area contributed by atoms with Gasteiger partial charge in [0.05, 0.1) is 20.3 Å². The Kier molecular flexibility index (Phi) is 5.53. The van der Waals surface area contributed by atoms with Crippen LogP contribution in [-0.4, -0.2) is 44.7 Å². The van der Waals surface area contributed by atoms with E-state index in [1.165, 1.54) is 5.56 Å². The molecule has 5 heteroatoms. The van der Waals surface area contributed by atoms with Crippen LogP contribution in [0.15, 0.2) is 48.5 Å². The van der Waals surface area contributed by atoms with Gasteiger partial charge in [0.2, 0.25) is 5.91 Å². The van der Waals surface area contributed by atoms with Crippen LogP contribution in [-0.2, 0) is 11.2 Å². The van der Waals surface area contributed by atoms with Crippen molar-refractivity contribution in [1.82, 2.24) is 10.2 Å². The van der Waals surface area contributed by atoms with Crippen LogP contribution in [0.4, 0.5) is 0 Å². The number of benzene rings is 2. The number of hydrogen-bond acceptors (Lipinski definition) is 4. The van der Waals surface area contributed by atoms with Crippen LogP contribution < -0.4 is 14.8 Å². The zero-order chi connectivity index (χ0) is 19.5. The van der Waals surface area contributed by atoms with E-state index >= 15 is 0 Å². The van der Waals surface area contributed by atoms with Crippen molar-refractivity contribution in [3.05, 3.63) is 59.7 Å². The molecule has 0 radical (unpaired) electrons. The lowest BCUT2D eigenvalue weighted by Gasteiger charge is -2.29. The van der Waals surface area contributed by atoms with Gasteiger partial charge in [-0.2, -0.15) is 0 Å². The highest BCUT2D eigenvalue weighted by Gasteiger charge is 2.46. The van der Waals surface area contributed by atoms with Crippen LogP contribution >= 0.6 is 0 Å². The molecule has 0 bridgehead atoms. The molecule has 0 aromatic heterocycles. The molecule has 2 aliphatic rings. The molecule has 2 aliphatic heterocycles. The summed E-state index contributed by atoms with van der Waals surface area (Å²) in [5.74, 6) is 2.92. The summed E-state index contributed by atoms with van der Waals surface area (Å²) in [6.45, 7) is 2.80. The molecule has 0 spiro atoms. The zero-order valence-electron chi connectivity index (χ0n) is 16.6. The van der Waals surface area contributed by atoms with Crippen molar-refractivity contribution in [2.75, 3.05) is 33.9 Å². The first-order valence-electron chi connectivity index (χ1n) is 9.97. The van der Waals surface area contributed by atoms with Gasteiger partial charge in [-0.1, -0.05) is 30.3 Å². The third kappa shape index (κ3) is 3.59. The van der Waals surface area contributed by atoms with Crippen LogP contribution in [0.3, 0.4) is 0 Å². The number of methoxy groups -OCH3 is 2. The lowest BCUT2D eigenvalue weighted by atomic mass is 9.89. The second kappa shape index (κ2) is 8.23. The van der Waals surface area contributed by atoms with E-state index in [1.807, 2.05) is 36.4 Å². The van der Waals surface area contributed by atoms with Crippen LogP contribution in [0.2, 0.25) is 0 Å². The molecule has 0 unspecified atom stereocenters. The number of hydrogen-bond donors (Lipinski definition) is 1. The molecule has 1 amide bonds. The van der Waals surface area contributed by atoms with E-state index in [0.29, 0.717) is 24.7 Å². The molecule has 4 rings (SSSR count). The third-order valence-electron chi connectivity index (χ3n) is 6.14. The Bertz CT molecular complexity index is 821. The molecule has 2 saturated heterocycles. The van der Waals surface area contributed by atoms with E-state index in [4.69, 9.17) is 9.47 Å². The summed E-state index contributed by atoms with van der Waals surface area (Å²) < 4.78 is 10.7. The number of aryl methyl sites for hydroxylation is 1. The largest absolute Gasteiger partial charge is 0.497 e. The summed E-state index contributed by atoms with van der Waals surface area (Å²) in [4.78, 5) is 15.3. The van der Waals surface area contributed by atoms with E-state index in [0.717, 1.165) is 36.7 Å². The monoisotopic (exact) mass is 380 g/mol. The second-order valence-corrected chi connectivity index (χ2v) is 7.66. The van der Waals surface area contributed by atoms with E-state index in [2.05, 4.69) is 22.3 Å². The Morgan fingerprint density at radius 3 is 2.61 bits per heavy atom. The lowest BCUT2D eigenvalue weighted by Crippen LogP contribution is -2.34. The van der Waals surface area contributed by atoms with E-state index in [-0.39, 0.29) is 11.9 Å². The molecule has 148 valence electrons. The number of amides is 1. The Morgan fingerprint density at radius 2 is 1.86 bits per heavy atom. The smallest absolute Gasteiger partial charge is 0.223 e. The fourth-order valence-corrected chi connectivity index (χ4v) is 4.70. The van der Waals surface area contributed by atoms with Crippen molar-refractivity contribution in [3.8, 4) is 11.5 Å². The molecule has 2 aromatic carbocycles. The molecule has 0 saturated carbocycles. The number of likely N-dealkylation sites (tertiary alicyclic amines) is 1. The average molecular weight is 380 g/mol. The standard InChI is InChI=1S/C23H28N2O3/c1-27-19-10-7-17(8-11-19)23-20-14-24-13-18(20)15-25(23)22(26)12-9-16-5-3-4-6-21(16)28-2/h3-8,10-11,18,20,23-24H,9,12-15H2,1-2H3/t18-,20-,23+/m0/s1. The van der Waals surface area contributed by atoms with Gasteiger partial charge < -0.3 is 19.7 Å². The van der Waals surface area contributed by atoms with Crippen molar-refractivity contribution in [1.29, 1.82) is 0 Å². The van der Waals surface area contributed by atoms with Crippen molar-refractivity contribution in [2.45, 2.75) is 18.9 Å². The van der Waals surface area contributed by atoms with Gasteiger partial charge in [0, 0.05) is 32.0 Å². The first-order valence-corrected chi connectivity index (χ1v) is 9.97. The van der Waals surface area contributed by atoms with Gasteiger partial charge in [0.1, 0.15) is 11.5 Å². The minimum atomic E-state index is 0.135. The number of fused-ring (bicyclic) bond motifs is 1. The van der Waals surface area contributed by atoms with Crippen molar-refractivity contribution in [2.24, 2.45) is 11.8 Å². The Balaban J connectivity index is 1.51. The predicted molar refractivity (Wildman–Crippen MR) is 109 cm³/mol. The molecule has 0 aliphatic carbocycles. The molecule has 2 aromatic rings. The van der Waals surface area contributed by atoms with Crippen molar-refractivity contribution in [3.63, 3.8) is 0 Å². The molecule has 28 heavy (non-hydrogen) atoms. The minimum absolute atomic E-state index is 0.135. The third-order valence-corrected chi connectivity index (χ3v) is 6.14. The summed E-state index contributed by atoms with van der Waals surface area (Å²) >= 11 is 0. The van der Waals surface area contributed by atoms with Gasteiger partial charge in [-0.3, -0.25) is 4.79 Å². The highest BCUT2D eigenvalue weighted by molar-refractivity contribution is 5.77. The Hall–Kier alpha value is -2.53. The van der Waals surface area contributed by atoms with Crippen molar-refractivity contribution >= 4 is 5.91 Å². The van der Waals surface area contributed by atoms with Crippen molar-refractivity contribution < 1.29 is 14.3 Å². The second-order valence-electron chi connectivity index (χ2n) is 7.66. The normalized spacial score (nSPS) is 23.5. The number of nitrogens with one attached hydrogen (secondary N) is 1.